The van der Waals surface area contributed by atoms with Crippen molar-refractivity contribution in [2.24, 2.45) is 5.92 Å². The van der Waals surface area contributed by atoms with E-state index in [0.717, 1.165) is 37.0 Å². The van der Waals surface area contributed by atoms with Crippen LogP contribution in [0.2, 0.25) is 0 Å². The molecule has 0 aromatic rings. The average molecular weight is 410 g/mol. The third-order valence-corrected chi connectivity index (χ3v) is 6.56. The summed E-state index contributed by atoms with van der Waals surface area (Å²) in [6.45, 7) is 9.01. The number of amides is 4. The van der Waals surface area contributed by atoms with Crippen molar-refractivity contribution in [2.75, 3.05) is 13.2 Å². The molecule has 0 aromatic carbocycles. The minimum Gasteiger partial charge on any atom is -0.454 e. The van der Waals surface area contributed by atoms with Crippen molar-refractivity contribution in [3.8, 4) is 0 Å². The molecule has 0 aromatic heterocycles. The molecular formula is C21H35N3O5. The molecule has 2 aliphatic rings. The summed E-state index contributed by atoms with van der Waals surface area (Å²) < 4.78 is 5.13. The Hall–Kier alpha value is -2.12. The topological polar surface area (TPSA) is 96.0 Å². The van der Waals surface area contributed by atoms with Gasteiger partial charge in [0.2, 0.25) is 0 Å². The van der Waals surface area contributed by atoms with Crippen molar-refractivity contribution in [3.63, 3.8) is 0 Å². The van der Waals surface area contributed by atoms with Gasteiger partial charge in [-0.2, -0.15) is 0 Å². The van der Waals surface area contributed by atoms with Crippen molar-refractivity contribution in [1.29, 1.82) is 0 Å². The van der Waals surface area contributed by atoms with Crippen LogP contribution in [0.5, 0.6) is 0 Å². The number of nitrogens with one attached hydrogen (secondary N) is 1. The van der Waals surface area contributed by atoms with Crippen LogP contribution in [-0.2, 0) is 19.1 Å². The molecule has 0 unspecified atom stereocenters. The standard InChI is InChI=1S/C21H35N3O5/c1-6-15(4)24(16(5)7-2)17(25)13-29-18(26)12-23-19(27)21(22-20(23)28)11-9-8-10-14(21)3/h14-16H,6-13H2,1-5H3,(H,22,28)/t14-,15-,16+,21-/m0/s1. The molecule has 2 rings (SSSR count). The summed E-state index contributed by atoms with van der Waals surface area (Å²) in [5.74, 6) is -1.36. The molecule has 1 heterocycles. The van der Waals surface area contributed by atoms with Gasteiger partial charge in [0, 0.05) is 12.1 Å². The average Bonchev–Trinajstić information content (AvgIpc) is 2.93. The van der Waals surface area contributed by atoms with Gasteiger partial charge in [0.1, 0.15) is 12.1 Å². The van der Waals surface area contributed by atoms with Gasteiger partial charge in [0.25, 0.3) is 11.8 Å². The van der Waals surface area contributed by atoms with Crippen LogP contribution in [-0.4, -0.2) is 64.4 Å². The second-order valence-corrected chi connectivity index (χ2v) is 8.42. The largest absolute Gasteiger partial charge is 0.454 e. The van der Waals surface area contributed by atoms with Crippen molar-refractivity contribution in [3.05, 3.63) is 0 Å². The number of carbonyl (C=O) groups is 4. The zero-order valence-electron chi connectivity index (χ0n) is 18.3. The number of ether oxygens (including phenoxy) is 1. The Kier molecular flexibility index (Phi) is 7.66. The van der Waals surface area contributed by atoms with Gasteiger partial charge >= 0.3 is 12.0 Å². The minimum absolute atomic E-state index is 0.0231. The quantitative estimate of drug-likeness (QED) is 0.491. The van der Waals surface area contributed by atoms with Crippen LogP contribution in [0.4, 0.5) is 4.79 Å². The molecule has 1 aliphatic carbocycles. The van der Waals surface area contributed by atoms with Crippen LogP contribution >= 0.6 is 0 Å². The van der Waals surface area contributed by atoms with E-state index in [1.54, 1.807) is 4.90 Å². The first-order chi connectivity index (χ1) is 13.7. The Labute approximate surface area is 173 Å². The number of carbonyl (C=O) groups excluding carboxylic acids is 4. The summed E-state index contributed by atoms with van der Waals surface area (Å²) in [7, 11) is 0. The molecule has 1 saturated carbocycles. The Balaban J connectivity index is 1.96. The molecule has 4 atom stereocenters. The molecule has 1 spiro atoms. The van der Waals surface area contributed by atoms with E-state index in [4.69, 9.17) is 4.74 Å². The van der Waals surface area contributed by atoms with E-state index >= 15 is 0 Å². The monoisotopic (exact) mass is 409 g/mol. The van der Waals surface area contributed by atoms with Gasteiger partial charge in [-0.3, -0.25) is 19.3 Å². The van der Waals surface area contributed by atoms with Gasteiger partial charge in [0.15, 0.2) is 6.61 Å². The summed E-state index contributed by atoms with van der Waals surface area (Å²) in [5, 5.41) is 2.81. The molecule has 1 N–H and O–H groups in total. The second kappa shape index (κ2) is 9.59. The molecule has 29 heavy (non-hydrogen) atoms. The molecule has 0 bridgehead atoms. The van der Waals surface area contributed by atoms with Crippen LogP contribution in [0, 0.1) is 5.92 Å². The Bertz CT molecular complexity index is 642. The lowest BCUT2D eigenvalue weighted by molar-refractivity contribution is -0.155. The third-order valence-electron chi connectivity index (χ3n) is 6.56. The highest BCUT2D eigenvalue weighted by Gasteiger charge is 2.55. The van der Waals surface area contributed by atoms with Gasteiger partial charge in [-0.25, -0.2) is 4.79 Å². The van der Waals surface area contributed by atoms with Gasteiger partial charge in [0.05, 0.1) is 0 Å². The lowest BCUT2D eigenvalue weighted by Gasteiger charge is -2.36. The van der Waals surface area contributed by atoms with Crippen LogP contribution < -0.4 is 5.32 Å². The van der Waals surface area contributed by atoms with E-state index in [1.807, 2.05) is 34.6 Å². The van der Waals surface area contributed by atoms with Crippen molar-refractivity contribution >= 4 is 23.8 Å². The summed E-state index contributed by atoms with van der Waals surface area (Å²) in [5.41, 5.74) is -0.907. The smallest absolute Gasteiger partial charge is 0.326 e. The van der Waals surface area contributed by atoms with Crippen LogP contribution in [0.1, 0.15) is 73.1 Å². The first kappa shape index (κ1) is 23.2. The maximum absolute atomic E-state index is 12.9. The first-order valence-electron chi connectivity index (χ1n) is 10.8. The third kappa shape index (κ3) is 4.73. The zero-order valence-corrected chi connectivity index (χ0v) is 18.3. The fourth-order valence-electron chi connectivity index (χ4n) is 4.35. The van der Waals surface area contributed by atoms with E-state index in [1.165, 1.54) is 0 Å². The number of urea groups is 1. The summed E-state index contributed by atoms with van der Waals surface area (Å²) in [6.07, 6.45) is 4.93. The fraction of sp³-hybridized carbons (Fsp3) is 0.810. The highest BCUT2D eigenvalue weighted by molar-refractivity contribution is 6.09. The maximum Gasteiger partial charge on any atom is 0.326 e. The Morgan fingerprint density at radius 1 is 1.21 bits per heavy atom. The predicted octanol–water partition coefficient (Wildman–Crippen LogP) is 2.46. The van der Waals surface area contributed by atoms with E-state index in [9.17, 15) is 19.2 Å². The van der Waals surface area contributed by atoms with Crippen molar-refractivity contribution in [1.82, 2.24) is 15.1 Å². The molecule has 8 nitrogen and oxygen atoms in total. The summed E-state index contributed by atoms with van der Waals surface area (Å²) >= 11 is 0. The molecule has 0 radical (unpaired) electrons. The maximum atomic E-state index is 12.9. The lowest BCUT2D eigenvalue weighted by Crippen LogP contribution is -2.54. The number of nitrogens with zero attached hydrogens (tertiary/aromatic N) is 2. The van der Waals surface area contributed by atoms with E-state index in [2.05, 4.69) is 5.32 Å². The molecule has 1 saturated heterocycles. The van der Waals surface area contributed by atoms with Crippen LogP contribution in [0.25, 0.3) is 0 Å². The lowest BCUT2D eigenvalue weighted by atomic mass is 9.73. The molecule has 4 amide bonds. The Morgan fingerprint density at radius 3 is 2.38 bits per heavy atom. The molecule has 2 fully saturated rings. The van der Waals surface area contributed by atoms with E-state index < -0.39 is 30.7 Å². The number of rotatable bonds is 8. The number of hydrogen-bond acceptors (Lipinski definition) is 5. The first-order valence-corrected chi connectivity index (χ1v) is 10.8. The molecule has 164 valence electrons. The number of esters is 1. The number of hydrogen-bond donors (Lipinski definition) is 1. The van der Waals surface area contributed by atoms with E-state index in [-0.39, 0.29) is 29.8 Å². The molecular weight excluding hydrogens is 374 g/mol. The Morgan fingerprint density at radius 2 is 1.83 bits per heavy atom. The van der Waals surface area contributed by atoms with Crippen LogP contribution in [0.15, 0.2) is 0 Å². The second-order valence-electron chi connectivity index (χ2n) is 8.42. The highest BCUT2D eigenvalue weighted by atomic mass is 16.5. The van der Waals surface area contributed by atoms with Gasteiger partial charge in [-0.05, 0) is 45.4 Å². The van der Waals surface area contributed by atoms with Crippen molar-refractivity contribution in [2.45, 2.75) is 90.8 Å². The van der Waals surface area contributed by atoms with Gasteiger partial charge in [-0.15, -0.1) is 0 Å². The van der Waals surface area contributed by atoms with Crippen LogP contribution in [0.3, 0.4) is 0 Å². The molecule has 1 aliphatic heterocycles. The normalized spacial score (nSPS) is 26.2. The zero-order chi connectivity index (χ0) is 21.8. The van der Waals surface area contributed by atoms with E-state index in [0.29, 0.717) is 6.42 Å². The SMILES string of the molecule is CC[C@@H](C)N(C(=O)COC(=O)CN1C(=O)N[C@]2(CCCC[C@@H]2C)C1=O)[C@@H](C)CC. The predicted molar refractivity (Wildman–Crippen MR) is 108 cm³/mol. The fourth-order valence-corrected chi connectivity index (χ4v) is 4.35. The summed E-state index contributed by atoms with van der Waals surface area (Å²) in [4.78, 5) is 52.8. The van der Waals surface area contributed by atoms with Gasteiger partial charge in [-0.1, -0.05) is 33.6 Å². The number of imide groups is 1. The molecule has 8 heteroatoms. The minimum atomic E-state index is -0.907. The summed E-state index contributed by atoms with van der Waals surface area (Å²) in [6, 6.07) is -0.489. The highest BCUT2D eigenvalue weighted by Crippen LogP contribution is 2.38. The van der Waals surface area contributed by atoms with Gasteiger partial charge < -0.3 is 15.0 Å². The van der Waals surface area contributed by atoms with Crippen molar-refractivity contribution < 1.29 is 23.9 Å².